The number of hydrogen-bond donors (Lipinski definition) is 2. The molecule has 2 N–H and O–H groups in total. The molecule has 0 saturated heterocycles. The lowest BCUT2D eigenvalue weighted by molar-refractivity contribution is 0.417. The van der Waals surface area contributed by atoms with Crippen LogP contribution in [0.15, 0.2) is 30.3 Å². The van der Waals surface area contributed by atoms with Crippen LogP contribution in [-0.2, 0) is 6.42 Å². The lowest BCUT2D eigenvalue weighted by Gasteiger charge is -1.89. The summed E-state index contributed by atoms with van der Waals surface area (Å²) in [6, 6.07) is 10.5. The summed E-state index contributed by atoms with van der Waals surface area (Å²) in [5.74, 6) is 0. The summed E-state index contributed by atoms with van der Waals surface area (Å²) >= 11 is 0. The predicted octanol–water partition coefficient (Wildman–Crippen LogP) is 1.07. The first-order valence-electron chi connectivity index (χ1n) is 4.07. The van der Waals surface area contributed by atoms with Gasteiger partial charge in [0.25, 0.3) is 0 Å². The van der Waals surface area contributed by atoms with Crippen molar-refractivity contribution in [2.75, 3.05) is 0 Å². The highest BCUT2D eigenvalue weighted by Gasteiger charge is 1.80. The second-order valence-corrected chi connectivity index (χ2v) is 3.73. The van der Waals surface area contributed by atoms with Crippen LogP contribution in [0, 0.1) is 0 Å². The molecule has 0 aromatic heterocycles. The van der Waals surface area contributed by atoms with Gasteiger partial charge in [0.2, 0.25) is 0 Å². The molecular weight excluding hydrogens is 168 g/mol. The van der Waals surface area contributed by atoms with E-state index in [0.717, 1.165) is 6.42 Å². The van der Waals surface area contributed by atoms with Gasteiger partial charge in [0.05, 0.1) is 0 Å². The monoisotopic (exact) mass is 184 g/mol. The molecule has 0 fully saturated rings. The Morgan fingerprint density at radius 1 is 1.17 bits per heavy atom. The summed E-state index contributed by atoms with van der Waals surface area (Å²) in [7, 11) is -2.14. The fourth-order valence-electron chi connectivity index (χ4n) is 0.714. The first-order valence-corrected chi connectivity index (χ1v) is 6.25. The zero-order valence-corrected chi connectivity index (χ0v) is 8.72. The van der Waals surface area contributed by atoms with Gasteiger partial charge in [-0.1, -0.05) is 37.3 Å². The van der Waals surface area contributed by atoms with Gasteiger partial charge in [-0.3, -0.25) is 0 Å². The smallest absolute Gasteiger partial charge is 0.312 e. The standard InChI is InChI=1S/C8H10.CH6O2Si/c1-2-8-6-4-3-5-7-8;1-4(2)3/h3-7H,2H2,1H3;2-4H,1H3. The van der Waals surface area contributed by atoms with Crippen LogP contribution >= 0.6 is 0 Å². The summed E-state index contributed by atoms with van der Waals surface area (Å²) in [5.41, 5.74) is 1.41. The molecule has 3 heteroatoms. The predicted molar refractivity (Wildman–Crippen MR) is 53.3 cm³/mol. The lowest BCUT2D eigenvalue weighted by atomic mass is 10.2. The van der Waals surface area contributed by atoms with Crippen LogP contribution in [0.5, 0.6) is 0 Å². The van der Waals surface area contributed by atoms with Gasteiger partial charge in [0, 0.05) is 0 Å². The normalized spacial score (nSPS) is 9.08. The van der Waals surface area contributed by atoms with Crippen molar-refractivity contribution in [2.24, 2.45) is 0 Å². The van der Waals surface area contributed by atoms with Crippen molar-refractivity contribution >= 4 is 9.28 Å². The summed E-state index contributed by atoms with van der Waals surface area (Å²) in [4.78, 5) is 15.5. The zero-order valence-electron chi connectivity index (χ0n) is 7.57. The number of benzene rings is 1. The van der Waals surface area contributed by atoms with Crippen LogP contribution in [0.2, 0.25) is 6.55 Å². The van der Waals surface area contributed by atoms with Crippen LogP contribution in [0.25, 0.3) is 0 Å². The van der Waals surface area contributed by atoms with Gasteiger partial charge in [-0.15, -0.1) is 0 Å². The molecule has 0 amide bonds. The average Bonchev–Trinajstić information content (AvgIpc) is 2.05. The van der Waals surface area contributed by atoms with Crippen molar-refractivity contribution in [3.05, 3.63) is 35.9 Å². The molecule has 0 heterocycles. The highest BCUT2D eigenvalue weighted by atomic mass is 28.3. The van der Waals surface area contributed by atoms with Crippen molar-refractivity contribution in [1.82, 2.24) is 0 Å². The Hall–Kier alpha value is -0.643. The Kier molecular flexibility index (Phi) is 6.65. The molecule has 0 atom stereocenters. The maximum absolute atomic E-state index is 7.75. The third-order valence-corrected chi connectivity index (χ3v) is 1.25. The molecule has 1 aromatic carbocycles. The summed E-state index contributed by atoms with van der Waals surface area (Å²) < 4.78 is 0. The Balaban J connectivity index is 0.000000261. The highest BCUT2D eigenvalue weighted by molar-refractivity contribution is 6.38. The molecule has 2 nitrogen and oxygen atoms in total. The molecule has 0 spiro atoms. The fourth-order valence-corrected chi connectivity index (χ4v) is 0.714. The summed E-state index contributed by atoms with van der Waals surface area (Å²) in [5, 5.41) is 0. The summed E-state index contributed by atoms with van der Waals surface area (Å²) in [6.07, 6.45) is 1.14. The molecular formula is C9H16O2Si. The minimum absolute atomic E-state index is 1.14. The molecule has 0 bridgehead atoms. The van der Waals surface area contributed by atoms with Gasteiger partial charge in [-0.05, 0) is 18.5 Å². The molecule has 1 aromatic rings. The lowest BCUT2D eigenvalue weighted by Crippen LogP contribution is -2.00. The van der Waals surface area contributed by atoms with Crippen molar-refractivity contribution < 1.29 is 9.59 Å². The second-order valence-electron chi connectivity index (χ2n) is 2.47. The largest absolute Gasteiger partial charge is 0.413 e. The first kappa shape index (κ1) is 11.4. The molecule has 0 aliphatic rings. The zero-order chi connectivity index (χ0) is 9.40. The van der Waals surface area contributed by atoms with Crippen molar-refractivity contribution in [1.29, 1.82) is 0 Å². The Morgan fingerprint density at radius 2 is 1.58 bits per heavy atom. The van der Waals surface area contributed by atoms with E-state index in [1.54, 1.807) is 0 Å². The van der Waals surface area contributed by atoms with E-state index in [2.05, 4.69) is 31.2 Å². The Bertz CT molecular complexity index is 184. The van der Waals surface area contributed by atoms with Crippen LogP contribution in [0.4, 0.5) is 0 Å². The highest BCUT2D eigenvalue weighted by Crippen LogP contribution is 1.96. The van der Waals surface area contributed by atoms with E-state index < -0.39 is 9.28 Å². The van der Waals surface area contributed by atoms with E-state index in [9.17, 15) is 0 Å². The molecule has 12 heavy (non-hydrogen) atoms. The second kappa shape index (κ2) is 7.03. The van der Waals surface area contributed by atoms with E-state index in [-0.39, 0.29) is 0 Å². The van der Waals surface area contributed by atoms with Gasteiger partial charge < -0.3 is 9.59 Å². The van der Waals surface area contributed by atoms with Crippen LogP contribution < -0.4 is 0 Å². The van der Waals surface area contributed by atoms with E-state index in [0.29, 0.717) is 0 Å². The van der Waals surface area contributed by atoms with E-state index >= 15 is 0 Å². The summed E-state index contributed by atoms with van der Waals surface area (Å²) in [6.45, 7) is 3.58. The van der Waals surface area contributed by atoms with E-state index in [4.69, 9.17) is 9.59 Å². The number of rotatable bonds is 1. The van der Waals surface area contributed by atoms with Gasteiger partial charge in [0.1, 0.15) is 0 Å². The first-order chi connectivity index (χ1) is 5.66. The van der Waals surface area contributed by atoms with Gasteiger partial charge in [-0.25, -0.2) is 0 Å². The molecule has 0 radical (unpaired) electrons. The maximum Gasteiger partial charge on any atom is 0.312 e. The van der Waals surface area contributed by atoms with Gasteiger partial charge >= 0.3 is 9.28 Å². The van der Waals surface area contributed by atoms with Crippen LogP contribution in [-0.4, -0.2) is 18.9 Å². The maximum atomic E-state index is 7.75. The molecule has 0 unspecified atom stereocenters. The van der Waals surface area contributed by atoms with Crippen molar-refractivity contribution in [3.63, 3.8) is 0 Å². The molecule has 68 valence electrons. The fraction of sp³-hybridized carbons (Fsp3) is 0.333. The van der Waals surface area contributed by atoms with Gasteiger partial charge in [-0.2, -0.15) is 0 Å². The van der Waals surface area contributed by atoms with Crippen molar-refractivity contribution in [3.8, 4) is 0 Å². The van der Waals surface area contributed by atoms with E-state index in [1.807, 2.05) is 6.07 Å². The van der Waals surface area contributed by atoms with Crippen molar-refractivity contribution in [2.45, 2.75) is 19.9 Å². The molecule has 0 aliphatic carbocycles. The third kappa shape index (κ3) is 7.46. The SMILES string of the molecule is CCc1ccccc1.C[SiH](O)O. The Labute approximate surface area is 75.3 Å². The molecule has 0 aliphatic heterocycles. The molecule has 1 rings (SSSR count). The number of hydrogen-bond acceptors (Lipinski definition) is 2. The van der Waals surface area contributed by atoms with E-state index in [1.165, 1.54) is 12.1 Å². The quantitative estimate of drug-likeness (QED) is 0.641. The van der Waals surface area contributed by atoms with Crippen LogP contribution in [0.1, 0.15) is 12.5 Å². The average molecular weight is 184 g/mol. The Morgan fingerprint density at radius 3 is 1.83 bits per heavy atom. The van der Waals surface area contributed by atoms with Gasteiger partial charge in [0.15, 0.2) is 0 Å². The topological polar surface area (TPSA) is 40.5 Å². The minimum atomic E-state index is -2.14. The van der Waals surface area contributed by atoms with Crippen LogP contribution in [0.3, 0.4) is 0 Å². The number of aryl methyl sites for hydroxylation is 1. The third-order valence-electron chi connectivity index (χ3n) is 1.25. The molecule has 0 saturated carbocycles. The minimum Gasteiger partial charge on any atom is -0.413 e.